The van der Waals surface area contributed by atoms with Gasteiger partial charge in [-0.3, -0.25) is 5.10 Å². The molecule has 0 aliphatic rings. The Morgan fingerprint density at radius 3 is 3.00 bits per heavy atom. The summed E-state index contributed by atoms with van der Waals surface area (Å²) in [5.41, 5.74) is 2.94. The summed E-state index contributed by atoms with van der Waals surface area (Å²) in [5.74, 6) is 0.535. The van der Waals surface area contributed by atoms with Gasteiger partial charge in [0.25, 0.3) is 0 Å². The molecule has 0 fully saturated rings. The molecule has 3 aromatic rings. The molecule has 3 rings (SSSR count). The molecule has 0 atom stereocenters. The van der Waals surface area contributed by atoms with Gasteiger partial charge in [0, 0.05) is 36.4 Å². The number of nitrogens with one attached hydrogen (secondary N) is 4. The summed E-state index contributed by atoms with van der Waals surface area (Å²) >= 11 is 0. The average molecular weight is 328 g/mol. The molecule has 2 heterocycles. The van der Waals surface area contributed by atoms with Gasteiger partial charge in [-0.2, -0.15) is 5.10 Å². The van der Waals surface area contributed by atoms with Gasteiger partial charge in [0.15, 0.2) is 5.96 Å². The number of rotatable bonds is 6. The second-order valence-electron chi connectivity index (χ2n) is 5.46. The average Bonchev–Trinajstić information content (AvgIpc) is 3.22. The van der Waals surface area contributed by atoms with Gasteiger partial charge in [-0.1, -0.05) is 0 Å². The molecule has 0 bridgehead atoms. The Balaban J connectivity index is 1.59. The molecule has 6 nitrogen and oxygen atoms in total. The largest absolute Gasteiger partial charge is 0.361 e. The van der Waals surface area contributed by atoms with E-state index >= 15 is 0 Å². The van der Waals surface area contributed by atoms with Gasteiger partial charge in [-0.25, -0.2) is 9.38 Å². The minimum absolute atomic E-state index is 0.227. The zero-order chi connectivity index (χ0) is 16.8. The highest BCUT2D eigenvalue weighted by molar-refractivity contribution is 5.83. The van der Waals surface area contributed by atoms with Crippen LogP contribution in [0.5, 0.6) is 0 Å². The van der Waals surface area contributed by atoms with E-state index in [2.05, 4.69) is 30.8 Å². The maximum atomic E-state index is 13.2. The Morgan fingerprint density at radius 2 is 2.21 bits per heavy atom. The number of nitrogens with zero attached hydrogens (tertiary/aromatic N) is 2. The minimum Gasteiger partial charge on any atom is -0.361 e. The number of aromatic amines is 2. The lowest BCUT2D eigenvalue weighted by atomic mass is 10.1. The van der Waals surface area contributed by atoms with Crippen molar-refractivity contribution in [2.75, 3.05) is 13.1 Å². The van der Waals surface area contributed by atoms with Gasteiger partial charge in [0.2, 0.25) is 0 Å². The van der Waals surface area contributed by atoms with Crippen molar-refractivity contribution >= 4 is 16.9 Å². The third-order valence-electron chi connectivity index (χ3n) is 3.73. The van der Waals surface area contributed by atoms with Crippen LogP contribution in [0.2, 0.25) is 0 Å². The van der Waals surface area contributed by atoms with Crippen molar-refractivity contribution in [3.05, 3.63) is 53.7 Å². The molecule has 0 radical (unpaired) electrons. The SMILES string of the molecule is CCNC(=NCc1ccn[nH]1)NCCc1c[nH]c2cc(F)ccc12. The lowest BCUT2D eigenvalue weighted by molar-refractivity contribution is 0.629. The highest BCUT2D eigenvalue weighted by Gasteiger charge is 2.05. The molecule has 7 heteroatoms. The summed E-state index contributed by atoms with van der Waals surface area (Å²) < 4.78 is 13.2. The molecule has 0 unspecified atom stereocenters. The van der Waals surface area contributed by atoms with Crippen molar-refractivity contribution in [3.63, 3.8) is 0 Å². The zero-order valence-electron chi connectivity index (χ0n) is 13.6. The molecule has 24 heavy (non-hydrogen) atoms. The van der Waals surface area contributed by atoms with Crippen LogP contribution in [-0.4, -0.2) is 34.2 Å². The summed E-state index contributed by atoms with van der Waals surface area (Å²) in [5, 5.41) is 14.4. The minimum atomic E-state index is -0.227. The van der Waals surface area contributed by atoms with Crippen LogP contribution < -0.4 is 10.6 Å². The number of halogens is 1. The highest BCUT2D eigenvalue weighted by Crippen LogP contribution is 2.19. The van der Waals surface area contributed by atoms with Crippen molar-refractivity contribution in [1.29, 1.82) is 0 Å². The molecule has 0 aliphatic heterocycles. The summed E-state index contributed by atoms with van der Waals surface area (Å²) in [6.45, 7) is 4.10. The number of aliphatic imine (C=N–C) groups is 1. The predicted octanol–water partition coefficient (Wildman–Crippen LogP) is 2.33. The maximum Gasteiger partial charge on any atom is 0.191 e. The van der Waals surface area contributed by atoms with Crippen LogP contribution in [0, 0.1) is 5.82 Å². The summed E-state index contributed by atoms with van der Waals surface area (Å²) in [6, 6.07) is 6.72. The summed E-state index contributed by atoms with van der Waals surface area (Å²) in [7, 11) is 0. The lowest BCUT2D eigenvalue weighted by Crippen LogP contribution is -2.38. The predicted molar refractivity (Wildman–Crippen MR) is 93.4 cm³/mol. The van der Waals surface area contributed by atoms with E-state index in [4.69, 9.17) is 0 Å². The molecule has 1 aromatic carbocycles. The fraction of sp³-hybridized carbons (Fsp3) is 0.294. The fourth-order valence-electron chi connectivity index (χ4n) is 2.56. The normalized spacial score (nSPS) is 11.8. The third-order valence-corrected chi connectivity index (χ3v) is 3.73. The molecule has 0 spiro atoms. The van der Waals surface area contributed by atoms with Crippen LogP contribution in [-0.2, 0) is 13.0 Å². The van der Waals surface area contributed by atoms with Crippen LogP contribution >= 0.6 is 0 Å². The van der Waals surface area contributed by atoms with Gasteiger partial charge in [-0.05, 0) is 43.2 Å². The van der Waals surface area contributed by atoms with Gasteiger partial charge in [0.1, 0.15) is 5.82 Å². The van der Waals surface area contributed by atoms with Gasteiger partial charge >= 0.3 is 0 Å². The van der Waals surface area contributed by atoms with Crippen molar-refractivity contribution < 1.29 is 4.39 Å². The van der Waals surface area contributed by atoms with Crippen molar-refractivity contribution in [3.8, 4) is 0 Å². The number of aromatic nitrogens is 3. The second-order valence-corrected chi connectivity index (χ2v) is 5.46. The first-order valence-electron chi connectivity index (χ1n) is 8.02. The molecular formula is C17H21FN6. The Bertz CT molecular complexity index is 806. The first-order chi connectivity index (χ1) is 11.8. The molecule has 0 saturated heterocycles. The Morgan fingerprint density at radius 1 is 1.29 bits per heavy atom. The summed E-state index contributed by atoms with van der Waals surface area (Å²) in [6.07, 6.45) is 4.46. The van der Waals surface area contributed by atoms with E-state index in [0.29, 0.717) is 6.54 Å². The lowest BCUT2D eigenvalue weighted by Gasteiger charge is -2.10. The molecule has 126 valence electrons. The van der Waals surface area contributed by atoms with E-state index in [1.807, 2.05) is 25.3 Å². The quantitative estimate of drug-likeness (QED) is 0.414. The van der Waals surface area contributed by atoms with Gasteiger partial charge < -0.3 is 15.6 Å². The van der Waals surface area contributed by atoms with E-state index < -0.39 is 0 Å². The number of guanidine groups is 1. The molecule has 4 N–H and O–H groups in total. The molecule has 0 aliphatic carbocycles. The van der Waals surface area contributed by atoms with E-state index in [0.717, 1.165) is 47.6 Å². The zero-order valence-corrected chi connectivity index (χ0v) is 13.6. The maximum absolute atomic E-state index is 13.2. The molecule has 0 amide bonds. The smallest absolute Gasteiger partial charge is 0.191 e. The second kappa shape index (κ2) is 7.63. The first-order valence-corrected chi connectivity index (χ1v) is 8.02. The Hall–Kier alpha value is -2.83. The highest BCUT2D eigenvalue weighted by atomic mass is 19.1. The summed E-state index contributed by atoms with van der Waals surface area (Å²) in [4.78, 5) is 7.63. The van der Waals surface area contributed by atoms with Crippen LogP contribution in [0.4, 0.5) is 4.39 Å². The van der Waals surface area contributed by atoms with Crippen LogP contribution in [0.3, 0.4) is 0 Å². The van der Waals surface area contributed by atoms with Crippen LogP contribution in [0.25, 0.3) is 10.9 Å². The van der Waals surface area contributed by atoms with Gasteiger partial charge in [-0.15, -0.1) is 0 Å². The van der Waals surface area contributed by atoms with Crippen LogP contribution in [0.1, 0.15) is 18.2 Å². The number of fused-ring (bicyclic) bond motifs is 1. The standard InChI is InChI=1S/C17H21FN6/c1-2-19-17(22-11-14-6-8-23-24-14)20-7-5-12-10-21-16-9-13(18)3-4-15(12)16/h3-4,6,8-10,21H,2,5,7,11H2,1H3,(H,23,24)(H2,19,20,22). The van der Waals surface area contributed by atoms with Crippen molar-refractivity contribution in [2.24, 2.45) is 4.99 Å². The number of H-pyrrole nitrogens is 2. The Kier molecular flexibility index (Phi) is 5.10. The number of benzene rings is 1. The fourth-order valence-corrected chi connectivity index (χ4v) is 2.56. The Labute approximate surface area is 139 Å². The van der Waals surface area contributed by atoms with Gasteiger partial charge in [0.05, 0.1) is 12.2 Å². The molecule has 0 saturated carbocycles. The topological polar surface area (TPSA) is 80.9 Å². The molecular weight excluding hydrogens is 307 g/mol. The van der Waals surface area contributed by atoms with E-state index in [-0.39, 0.29) is 5.82 Å². The number of hydrogen-bond donors (Lipinski definition) is 4. The first kappa shape index (κ1) is 16.0. The number of hydrogen-bond acceptors (Lipinski definition) is 2. The van der Waals surface area contributed by atoms with Crippen LogP contribution in [0.15, 0.2) is 41.7 Å². The van der Waals surface area contributed by atoms with Crippen molar-refractivity contribution in [2.45, 2.75) is 19.9 Å². The van der Waals surface area contributed by atoms with E-state index in [1.165, 1.54) is 12.1 Å². The molecule has 2 aromatic heterocycles. The van der Waals surface area contributed by atoms with E-state index in [1.54, 1.807) is 6.20 Å². The monoisotopic (exact) mass is 328 g/mol. The van der Waals surface area contributed by atoms with E-state index in [9.17, 15) is 4.39 Å². The third kappa shape index (κ3) is 3.92. The van der Waals surface area contributed by atoms with Crippen molar-refractivity contribution in [1.82, 2.24) is 25.8 Å².